The van der Waals surface area contributed by atoms with E-state index in [1.165, 1.54) is 12.8 Å². The van der Waals surface area contributed by atoms with Gasteiger partial charge in [-0.3, -0.25) is 9.69 Å². The van der Waals surface area contributed by atoms with Gasteiger partial charge in [0.25, 0.3) is 5.91 Å². The molecule has 1 N–H and O–H groups in total. The highest BCUT2D eigenvalue weighted by Gasteiger charge is 2.21. The molecule has 1 aromatic carbocycles. The van der Waals surface area contributed by atoms with E-state index in [-0.39, 0.29) is 5.91 Å². The minimum absolute atomic E-state index is 0.293. The van der Waals surface area contributed by atoms with Gasteiger partial charge in [-0.1, -0.05) is 6.92 Å². The fourth-order valence-corrected chi connectivity index (χ4v) is 3.49. The van der Waals surface area contributed by atoms with Crippen LogP contribution < -0.4 is 10.1 Å². The summed E-state index contributed by atoms with van der Waals surface area (Å²) >= 11 is 0. The normalized spacial score (nSPS) is 14.7. The molecule has 8 nitrogen and oxygen atoms in total. The average molecular weight is 370 g/mol. The number of ether oxygens (including phenoxy) is 1. The Labute approximate surface area is 156 Å². The quantitative estimate of drug-likeness (QED) is 0.712. The summed E-state index contributed by atoms with van der Waals surface area (Å²) < 4.78 is 15.8. The van der Waals surface area contributed by atoms with Crippen molar-refractivity contribution in [1.82, 2.24) is 15.2 Å². The number of anilines is 1. The molecule has 1 aliphatic rings. The van der Waals surface area contributed by atoms with E-state index in [0.29, 0.717) is 28.2 Å². The van der Waals surface area contributed by atoms with Crippen LogP contribution in [0, 0.1) is 0 Å². The third-order valence-corrected chi connectivity index (χ3v) is 4.88. The smallest absolute Gasteiger partial charge is 0.291 e. The van der Waals surface area contributed by atoms with E-state index in [1.807, 2.05) is 13.0 Å². The Balaban J connectivity index is 1.56. The van der Waals surface area contributed by atoms with Crippen LogP contribution in [0.25, 0.3) is 11.0 Å². The Kier molecular flexibility index (Phi) is 4.81. The van der Waals surface area contributed by atoms with Gasteiger partial charge >= 0.3 is 0 Å². The number of carbonyl (C=O) groups excluding carboxylic acids is 1. The molecule has 0 bridgehead atoms. The lowest BCUT2D eigenvalue weighted by Crippen LogP contribution is -2.18. The number of methoxy groups -OCH3 is 1. The Morgan fingerprint density at radius 1 is 1.26 bits per heavy atom. The molecule has 2 aromatic heterocycles. The van der Waals surface area contributed by atoms with Crippen LogP contribution in [0.2, 0.25) is 0 Å². The van der Waals surface area contributed by atoms with Gasteiger partial charge in [-0.05, 0) is 54.4 Å². The molecule has 27 heavy (non-hydrogen) atoms. The number of benzene rings is 1. The summed E-state index contributed by atoms with van der Waals surface area (Å²) in [6, 6.07) is 5.26. The van der Waals surface area contributed by atoms with Crippen molar-refractivity contribution in [2.45, 2.75) is 32.7 Å². The van der Waals surface area contributed by atoms with Gasteiger partial charge in [0.15, 0.2) is 22.5 Å². The summed E-state index contributed by atoms with van der Waals surface area (Å²) in [5, 5.41) is 10.5. The number of nitrogens with one attached hydrogen (secondary N) is 1. The fraction of sp³-hybridized carbons (Fsp3) is 0.421. The van der Waals surface area contributed by atoms with Crippen LogP contribution in [0.3, 0.4) is 0 Å². The lowest BCUT2D eigenvalue weighted by Gasteiger charge is -2.13. The van der Waals surface area contributed by atoms with Gasteiger partial charge in [0.2, 0.25) is 0 Å². The number of likely N-dealkylation sites (tertiary alicyclic amines) is 1. The Morgan fingerprint density at radius 3 is 2.78 bits per heavy atom. The van der Waals surface area contributed by atoms with Gasteiger partial charge in [-0.15, -0.1) is 0 Å². The first-order chi connectivity index (χ1) is 13.2. The van der Waals surface area contributed by atoms with Crippen molar-refractivity contribution in [2.24, 2.45) is 0 Å². The van der Waals surface area contributed by atoms with E-state index >= 15 is 0 Å². The number of carbonyl (C=O) groups is 1. The zero-order valence-corrected chi connectivity index (χ0v) is 15.4. The summed E-state index contributed by atoms with van der Waals surface area (Å²) in [5.74, 6) is 1.35. The summed E-state index contributed by atoms with van der Waals surface area (Å²) in [6.07, 6.45) is 3.20. The predicted octanol–water partition coefficient (Wildman–Crippen LogP) is 3.23. The van der Waals surface area contributed by atoms with Crippen molar-refractivity contribution in [1.29, 1.82) is 0 Å². The maximum Gasteiger partial charge on any atom is 0.291 e. The zero-order valence-electron chi connectivity index (χ0n) is 15.4. The molecule has 8 heteroatoms. The van der Waals surface area contributed by atoms with Crippen molar-refractivity contribution in [3.8, 4) is 5.75 Å². The maximum absolute atomic E-state index is 12.7. The lowest BCUT2D eigenvalue weighted by molar-refractivity contribution is 0.0995. The molecular weight excluding hydrogens is 348 g/mol. The molecule has 4 rings (SSSR count). The van der Waals surface area contributed by atoms with E-state index in [1.54, 1.807) is 19.2 Å². The summed E-state index contributed by atoms with van der Waals surface area (Å²) in [4.78, 5) is 15.1. The second kappa shape index (κ2) is 7.40. The molecule has 0 spiro atoms. The number of nitrogens with zero attached hydrogens (tertiary/aromatic N) is 3. The number of rotatable bonds is 6. The van der Waals surface area contributed by atoms with Crippen LogP contribution in [0.4, 0.5) is 5.69 Å². The third kappa shape index (κ3) is 3.40. The highest BCUT2D eigenvalue weighted by atomic mass is 16.6. The van der Waals surface area contributed by atoms with Gasteiger partial charge in [0.1, 0.15) is 5.76 Å². The van der Waals surface area contributed by atoms with Gasteiger partial charge in [0, 0.05) is 18.5 Å². The van der Waals surface area contributed by atoms with Crippen LogP contribution in [0.15, 0.2) is 27.2 Å². The van der Waals surface area contributed by atoms with E-state index in [4.69, 9.17) is 13.8 Å². The van der Waals surface area contributed by atoms with Gasteiger partial charge < -0.3 is 14.5 Å². The number of aromatic nitrogens is 2. The molecule has 0 unspecified atom stereocenters. The Morgan fingerprint density at radius 2 is 2.04 bits per heavy atom. The topological polar surface area (TPSA) is 93.6 Å². The van der Waals surface area contributed by atoms with Crippen molar-refractivity contribution < 1.29 is 18.6 Å². The van der Waals surface area contributed by atoms with Crippen LogP contribution in [0.5, 0.6) is 5.75 Å². The SMILES string of the molecule is CCc1oc(C(=O)Nc2ccc(OC)c3nonc23)cc1CN1CCCC1. The molecule has 0 radical (unpaired) electrons. The van der Waals surface area contributed by atoms with Gasteiger partial charge in [0.05, 0.1) is 12.8 Å². The first-order valence-corrected chi connectivity index (χ1v) is 9.14. The fourth-order valence-electron chi connectivity index (χ4n) is 3.49. The largest absolute Gasteiger partial charge is 0.494 e. The molecule has 142 valence electrons. The summed E-state index contributed by atoms with van der Waals surface area (Å²) in [7, 11) is 1.54. The molecule has 0 saturated carbocycles. The minimum Gasteiger partial charge on any atom is -0.494 e. The Hall–Kier alpha value is -2.87. The molecule has 1 aliphatic heterocycles. The van der Waals surface area contributed by atoms with E-state index < -0.39 is 0 Å². The second-order valence-corrected chi connectivity index (χ2v) is 6.63. The average Bonchev–Trinajstić information content (AvgIpc) is 3.43. The summed E-state index contributed by atoms with van der Waals surface area (Å²) in [5.41, 5.74) is 2.46. The number of hydrogen-bond donors (Lipinski definition) is 1. The molecule has 3 heterocycles. The molecule has 0 atom stereocenters. The molecule has 0 aliphatic carbocycles. The second-order valence-electron chi connectivity index (χ2n) is 6.63. The third-order valence-electron chi connectivity index (χ3n) is 4.88. The highest BCUT2D eigenvalue weighted by molar-refractivity contribution is 6.07. The molecule has 1 amide bonds. The van der Waals surface area contributed by atoms with Crippen molar-refractivity contribution in [3.63, 3.8) is 0 Å². The monoisotopic (exact) mass is 370 g/mol. The maximum atomic E-state index is 12.7. The molecule has 3 aromatic rings. The number of furan rings is 1. The van der Waals surface area contributed by atoms with Crippen LogP contribution in [-0.4, -0.2) is 41.3 Å². The number of hydrogen-bond acceptors (Lipinski definition) is 7. The zero-order chi connectivity index (χ0) is 18.8. The molecular formula is C19H22N4O4. The van der Waals surface area contributed by atoms with E-state index in [2.05, 4.69) is 20.5 Å². The van der Waals surface area contributed by atoms with Gasteiger partial charge in [-0.2, -0.15) is 0 Å². The minimum atomic E-state index is -0.327. The molecule has 1 saturated heterocycles. The van der Waals surface area contributed by atoms with Crippen LogP contribution >= 0.6 is 0 Å². The first kappa shape index (κ1) is 17.5. The predicted molar refractivity (Wildman–Crippen MR) is 98.9 cm³/mol. The van der Waals surface area contributed by atoms with Gasteiger partial charge in [-0.25, -0.2) is 4.63 Å². The standard InChI is InChI=1S/C19H22N4O4/c1-3-14-12(11-23-8-4-5-9-23)10-16(26-14)19(24)20-13-6-7-15(25-2)18-17(13)21-27-22-18/h6-7,10H,3-5,8-9,11H2,1-2H3,(H,20,24). The Bertz CT molecular complexity index is 956. The van der Waals surface area contributed by atoms with Crippen LogP contribution in [-0.2, 0) is 13.0 Å². The highest BCUT2D eigenvalue weighted by Crippen LogP contribution is 2.29. The molecule has 1 fully saturated rings. The number of aryl methyl sites for hydroxylation is 1. The number of fused-ring (bicyclic) bond motifs is 1. The van der Waals surface area contributed by atoms with Crippen molar-refractivity contribution in [3.05, 3.63) is 35.3 Å². The summed E-state index contributed by atoms with van der Waals surface area (Å²) in [6.45, 7) is 5.04. The number of amides is 1. The van der Waals surface area contributed by atoms with Crippen molar-refractivity contribution >= 4 is 22.6 Å². The van der Waals surface area contributed by atoms with Crippen molar-refractivity contribution in [2.75, 3.05) is 25.5 Å². The van der Waals surface area contributed by atoms with E-state index in [9.17, 15) is 4.79 Å². The van der Waals surface area contributed by atoms with E-state index in [0.717, 1.165) is 37.4 Å². The first-order valence-electron chi connectivity index (χ1n) is 9.14. The lowest BCUT2D eigenvalue weighted by atomic mass is 10.2. The van der Waals surface area contributed by atoms with Crippen LogP contribution in [0.1, 0.15) is 41.6 Å².